The van der Waals surface area contributed by atoms with Gasteiger partial charge >= 0.3 is 0 Å². The maximum absolute atomic E-state index is 14.1. The third-order valence-corrected chi connectivity index (χ3v) is 4.77. The minimum absolute atomic E-state index is 0. The molecule has 1 aliphatic rings. The topological polar surface area (TPSA) is 77.0 Å². The third kappa shape index (κ3) is 3.88. The molecule has 8 heteroatoms. The van der Waals surface area contributed by atoms with Gasteiger partial charge in [-0.05, 0) is 30.9 Å². The number of hydrogen-bond acceptors (Lipinski definition) is 4. The smallest absolute Gasteiger partial charge is 0.293 e. The lowest BCUT2D eigenvalue weighted by atomic mass is 9.92. The van der Waals surface area contributed by atoms with Crippen molar-refractivity contribution in [3.8, 4) is 5.69 Å². The molecule has 1 fully saturated rings. The molecule has 6 nitrogen and oxygen atoms in total. The summed E-state index contributed by atoms with van der Waals surface area (Å²) in [5.41, 5.74) is 6.15. The van der Waals surface area contributed by atoms with Gasteiger partial charge in [0.15, 0.2) is 0 Å². The Bertz CT molecular complexity index is 766. The number of piperidine rings is 1. The van der Waals surface area contributed by atoms with E-state index in [2.05, 4.69) is 17.0 Å². The van der Waals surface area contributed by atoms with Gasteiger partial charge in [0.25, 0.3) is 5.91 Å². The molecule has 1 aromatic carbocycles. The minimum atomic E-state index is -0.396. The van der Waals surface area contributed by atoms with Crippen molar-refractivity contribution in [3.63, 3.8) is 0 Å². The molecular formula is C18H25ClFN5O. The van der Waals surface area contributed by atoms with E-state index in [0.29, 0.717) is 36.9 Å². The van der Waals surface area contributed by atoms with Crippen molar-refractivity contribution in [2.75, 3.05) is 13.1 Å². The van der Waals surface area contributed by atoms with Crippen LogP contribution in [0.25, 0.3) is 5.69 Å². The van der Waals surface area contributed by atoms with Crippen LogP contribution in [0, 0.1) is 11.7 Å². The predicted octanol–water partition coefficient (Wildman–Crippen LogP) is 2.59. The first-order chi connectivity index (χ1) is 12.0. The molecule has 2 aromatic rings. The molecular weight excluding hydrogens is 357 g/mol. The molecule has 2 atom stereocenters. The number of para-hydroxylation sites is 1. The first-order valence-corrected chi connectivity index (χ1v) is 8.77. The Labute approximate surface area is 159 Å². The van der Waals surface area contributed by atoms with E-state index in [1.165, 1.54) is 10.7 Å². The van der Waals surface area contributed by atoms with E-state index >= 15 is 0 Å². The Morgan fingerprint density at radius 1 is 1.38 bits per heavy atom. The number of rotatable bonds is 4. The van der Waals surface area contributed by atoms with Gasteiger partial charge in [0, 0.05) is 25.6 Å². The van der Waals surface area contributed by atoms with Crippen molar-refractivity contribution in [1.29, 1.82) is 0 Å². The first kappa shape index (κ1) is 20.3. The van der Waals surface area contributed by atoms with Crippen LogP contribution in [-0.4, -0.2) is 44.7 Å². The van der Waals surface area contributed by atoms with Crippen molar-refractivity contribution in [2.45, 2.75) is 39.2 Å². The van der Waals surface area contributed by atoms with Gasteiger partial charge in [-0.3, -0.25) is 4.79 Å². The maximum atomic E-state index is 14.1. The van der Waals surface area contributed by atoms with Gasteiger partial charge in [0.05, 0.1) is 0 Å². The lowest BCUT2D eigenvalue weighted by molar-refractivity contribution is 0.0561. The molecule has 3 rings (SSSR count). The van der Waals surface area contributed by atoms with Crippen molar-refractivity contribution < 1.29 is 9.18 Å². The zero-order chi connectivity index (χ0) is 18.0. The van der Waals surface area contributed by atoms with Crippen LogP contribution in [0.15, 0.2) is 24.3 Å². The van der Waals surface area contributed by atoms with E-state index in [0.717, 1.165) is 12.8 Å². The van der Waals surface area contributed by atoms with E-state index < -0.39 is 5.82 Å². The molecule has 2 unspecified atom stereocenters. The molecule has 0 spiro atoms. The van der Waals surface area contributed by atoms with Gasteiger partial charge in [0.1, 0.15) is 17.3 Å². The van der Waals surface area contributed by atoms with E-state index in [-0.39, 0.29) is 30.2 Å². The van der Waals surface area contributed by atoms with Crippen LogP contribution in [0.4, 0.5) is 4.39 Å². The summed E-state index contributed by atoms with van der Waals surface area (Å²) in [6.45, 7) is 5.15. The molecule has 1 amide bonds. The molecule has 0 saturated carbocycles. The van der Waals surface area contributed by atoms with Crippen molar-refractivity contribution in [1.82, 2.24) is 19.7 Å². The fourth-order valence-corrected chi connectivity index (χ4v) is 3.35. The fraction of sp³-hybridized carbons (Fsp3) is 0.500. The van der Waals surface area contributed by atoms with Gasteiger partial charge in [0.2, 0.25) is 5.82 Å². The van der Waals surface area contributed by atoms with Gasteiger partial charge in [-0.15, -0.1) is 17.5 Å². The molecule has 1 aromatic heterocycles. The summed E-state index contributed by atoms with van der Waals surface area (Å²) in [7, 11) is 0. The number of benzene rings is 1. The summed E-state index contributed by atoms with van der Waals surface area (Å²) in [5, 5.41) is 4.31. The van der Waals surface area contributed by atoms with Gasteiger partial charge in [-0.1, -0.05) is 26.0 Å². The molecule has 2 N–H and O–H groups in total. The summed E-state index contributed by atoms with van der Waals surface area (Å²) >= 11 is 0. The number of carbonyl (C=O) groups excluding carboxylic acids is 1. The summed E-state index contributed by atoms with van der Waals surface area (Å²) < 4.78 is 15.5. The van der Waals surface area contributed by atoms with Crippen molar-refractivity contribution >= 4 is 18.3 Å². The van der Waals surface area contributed by atoms with Gasteiger partial charge in [-0.25, -0.2) is 14.1 Å². The Hall–Kier alpha value is -1.99. The van der Waals surface area contributed by atoms with Gasteiger partial charge in [-0.2, -0.15) is 0 Å². The summed E-state index contributed by atoms with van der Waals surface area (Å²) in [4.78, 5) is 19.0. The Morgan fingerprint density at radius 3 is 2.77 bits per heavy atom. The average Bonchev–Trinajstić information content (AvgIpc) is 3.05. The van der Waals surface area contributed by atoms with Crippen LogP contribution in [0.3, 0.4) is 0 Å². The zero-order valence-corrected chi connectivity index (χ0v) is 15.9. The minimum Gasteiger partial charge on any atom is -0.332 e. The zero-order valence-electron chi connectivity index (χ0n) is 15.1. The number of amides is 1. The second-order valence-corrected chi connectivity index (χ2v) is 6.59. The maximum Gasteiger partial charge on any atom is 0.293 e. The Morgan fingerprint density at radius 2 is 2.12 bits per heavy atom. The van der Waals surface area contributed by atoms with Crippen LogP contribution in [0.1, 0.15) is 43.1 Å². The van der Waals surface area contributed by atoms with E-state index in [9.17, 15) is 9.18 Å². The van der Waals surface area contributed by atoms with E-state index in [1.54, 1.807) is 23.1 Å². The van der Waals surface area contributed by atoms with Crippen LogP contribution >= 0.6 is 12.4 Å². The van der Waals surface area contributed by atoms with E-state index in [1.807, 2.05) is 6.92 Å². The molecule has 0 radical (unpaired) electrons. The van der Waals surface area contributed by atoms with Crippen molar-refractivity contribution in [2.24, 2.45) is 11.7 Å². The summed E-state index contributed by atoms with van der Waals surface area (Å²) in [6, 6.07) is 6.35. The first-order valence-electron chi connectivity index (χ1n) is 8.77. The lowest BCUT2D eigenvalue weighted by Crippen LogP contribution is -2.49. The Balaban J connectivity index is 0.00000243. The highest BCUT2D eigenvalue weighted by molar-refractivity contribution is 5.90. The lowest BCUT2D eigenvalue weighted by Gasteiger charge is -2.37. The number of halogens is 2. The monoisotopic (exact) mass is 381 g/mol. The highest BCUT2D eigenvalue weighted by atomic mass is 35.5. The van der Waals surface area contributed by atoms with Crippen LogP contribution in [0.5, 0.6) is 0 Å². The second-order valence-electron chi connectivity index (χ2n) is 6.59. The Kier molecular flexibility index (Phi) is 6.72. The van der Waals surface area contributed by atoms with Crippen LogP contribution in [-0.2, 0) is 6.42 Å². The SMILES string of the molecule is CCc1nc(C(=O)N2CCC(C)CC2CN)nn1-c1ccccc1F.Cl. The number of carbonyl (C=O) groups is 1. The number of nitrogens with zero attached hydrogens (tertiary/aromatic N) is 4. The highest BCUT2D eigenvalue weighted by Gasteiger charge is 2.32. The molecule has 0 aliphatic carbocycles. The normalized spacial score (nSPS) is 19.9. The summed E-state index contributed by atoms with van der Waals surface area (Å²) in [6.07, 6.45) is 2.37. The largest absolute Gasteiger partial charge is 0.332 e. The molecule has 1 saturated heterocycles. The molecule has 0 bridgehead atoms. The summed E-state index contributed by atoms with van der Waals surface area (Å²) in [5.74, 6) is 0.587. The van der Waals surface area contributed by atoms with Crippen LogP contribution < -0.4 is 5.73 Å². The quantitative estimate of drug-likeness (QED) is 0.883. The highest BCUT2D eigenvalue weighted by Crippen LogP contribution is 2.23. The third-order valence-electron chi connectivity index (χ3n) is 4.77. The number of nitrogens with two attached hydrogens (primary N) is 1. The molecule has 26 heavy (non-hydrogen) atoms. The number of hydrogen-bond donors (Lipinski definition) is 1. The number of aryl methyl sites for hydroxylation is 1. The molecule has 142 valence electrons. The molecule has 1 aliphatic heterocycles. The standard InChI is InChI=1S/C18H24FN5O.ClH/c1-3-16-21-17(22-24(16)15-7-5-4-6-14(15)19)18(25)23-9-8-12(2)10-13(23)11-20;/h4-7,12-13H,3,8-11,20H2,1-2H3;1H. The molecule has 2 heterocycles. The van der Waals surface area contributed by atoms with Crippen LogP contribution in [0.2, 0.25) is 0 Å². The van der Waals surface area contributed by atoms with Crippen molar-refractivity contribution in [3.05, 3.63) is 41.7 Å². The second kappa shape index (κ2) is 8.60. The van der Waals surface area contributed by atoms with Gasteiger partial charge < -0.3 is 10.6 Å². The number of aromatic nitrogens is 3. The fourth-order valence-electron chi connectivity index (χ4n) is 3.35. The number of likely N-dealkylation sites (tertiary alicyclic amines) is 1. The predicted molar refractivity (Wildman–Crippen MR) is 100 cm³/mol. The average molecular weight is 382 g/mol. The van der Waals surface area contributed by atoms with E-state index in [4.69, 9.17) is 5.73 Å².